The summed E-state index contributed by atoms with van der Waals surface area (Å²) in [5, 5.41) is 3.29. The lowest BCUT2D eigenvalue weighted by atomic mass is 10.0. The van der Waals surface area contributed by atoms with Gasteiger partial charge in [0.15, 0.2) is 6.61 Å². The summed E-state index contributed by atoms with van der Waals surface area (Å²) in [6, 6.07) is 26.0. The number of benzene rings is 3. The number of hydrogen-bond donors (Lipinski definition) is 1. The number of nitrogens with zero attached hydrogens (tertiary/aromatic N) is 1. The molecular weight excluding hydrogens is 492 g/mol. The van der Waals surface area contributed by atoms with E-state index in [1.807, 2.05) is 54.6 Å². The Hall–Kier alpha value is -4.23. The molecule has 0 aliphatic heterocycles. The maximum Gasteiger partial charge on any atom is 0.261 e. The second-order valence-corrected chi connectivity index (χ2v) is 8.61. The summed E-state index contributed by atoms with van der Waals surface area (Å²) >= 11 is 6.21. The molecule has 4 rings (SSSR count). The summed E-state index contributed by atoms with van der Waals surface area (Å²) in [7, 11) is 1.59. The summed E-state index contributed by atoms with van der Waals surface area (Å²) < 4.78 is 16.4. The number of rotatable bonds is 11. The molecule has 2 amide bonds. The molecule has 0 unspecified atom stereocenters. The molecule has 7 nitrogen and oxygen atoms in total. The molecule has 37 heavy (non-hydrogen) atoms. The number of halogens is 1. The highest BCUT2D eigenvalue weighted by Crippen LogP contribution is 2.27. The van der Waals surface area contributed by atoms with Gasteiger partial charge < -0.3 is 24.1 Å². The Morgan fingerprint density at radius 1 is 0.946 bits per heavy atom. The van der Waals surface area contributed by atoms with Gasteiger partial charge >= 0.3 is 0 Å². The van der Waals surface area contributed by atoms with Gasteiger partial charge in [0, 0.05) is 6.54 Å². The van der Waals surface area contributed by atoms with Crippen molar-refractivity contribution >= 4 is 23.4 Å². The topological polar surface area (TPSA) is 81.0 Å². The molecule has 1 heterocycles. The van der Waals surface area contributed by atoms with Crippen LogP contribution in [0.1, 0.15) is 22.9 Å². The number of amides is 2. The van der Waals surface area contributed by atoms with Gasteiger partial charge in [-0.2, -0.15) is 0 Å². The minimum absolute atomic E-state index is 0.169. The Bertz CT molecular complexity index is 1290. The number of carbonyl (C=O) groups excluding carboxylic acids is 2. The molecular formula is C29H27ClN2O5. The van der Waals surface area contributed by atoms with E-state index in [1.54, 1.807) is 49.8 Å². The van der Waals surface area contributed by atoms with E-state index in [2.05, 4.69) is 5.32 Å². The lowest BCUT2D eigenvalue weighted by Crippen LogP contribution is -2.45. The molecule has 0 bridgehead atoms. The number of nitrogens with one attached hydrogen (secondary N) is 1. The molecule has 3 aromatic carbocycles. The van der Waals surface area contributed by atoms with Crippen molar-refractivity contribution in [3.8, 4) is 11.5 Å². The number of ether oxygens (including phenoxy) is 2. The Morgan fingerprint density at radius 2 is 1.68 bits per heavy atom. The van der Waals surface area contributed by atoms with Crippen LogP contribution in [0.5, 0.6) is 11.5 Å². The van der Waals surface area contributed by atoms with Gasteiger partial charge in [-0.25, -0.2) is 0 Å². The average molecular weight is 519 g/mol. The van der Waals surface area contributed by atoms with Crippen LogP contribution >= 0.6 is 11.6 Å². The standard InChI is InChI=1S/C29H27ClN2O5/c1-35-23-15-13-21(14-16-23)19-32(27(33)20-37-26-12-6-5-11-25(26)30)28(22-8-3-2-4-9-22)29(34)31-18-24-10-7-17-36-24/h2-17,28H,18-20H2,1H3,(H,31,34)/t28-/m0/s1. The fourth-order valence-electron chi connectivity index (χ4n) is 3.83. The van der Waals surface area contributed by atoms with E-state index in [0.717, 1.165) is 5.56 Å². The van der Waals surface area contributed by atoms with E-state index < -0.39 is 6.04 Å². The van der Waals surface area contributed by atoms with Crippen molar-refractivity contribution < 1.29 is 23.5 Å². The third kappa shape index (κ3) is 6.92. The minimum atomic E-state index is -0.916. The molecule has 0 spiro atoms. The second kappa shape index (κ2) is 12.6. The lowest BCUT2D eigenvalue weighted by molar-refractivity contribution is -0.143. The maximum absolute atomic E-state index is 13.6. The minimum Gasteiger partial charge on any atom is -0.497 e. The van der Waals surface area contributed by atoms with Gasteiger partial charge in [-0.1, -0.05) is 66.2 Å². The SMILES string of the molecule is COc1ccc(CN(C(=O)COc2ccccc2Cl)[C@H](C(=O)NCc2ccco2)c2ccccc2)cc1. The van der Waals surface area contributed by atoms with Gasteiger partial charge in [0.1, 0.15) is 23.3 Å². The van der Waals surface area contributed by atoms with Crippen LogP contribution in [0.4, 0.5) is 0 Å². The second-order valence-electron chi connectivity index (χ2n) is 8.20. The van der Waals surface area contributed by atoms with Gasteiger partial charge in [-0.05, 0) is 47.5 Å². The zero-order chi connectivity index (χ0) is 26.0. The van der Waals surface area contributed by atoms with Crippen LogP contribution in [0.15, 0.2) is 102 Å². The zero-order valence-corrected chi connectivity index (χ0v) is 21.1. The van der Waals surface area contributed by atoms with Crippen LogP contribution in [0.25, 0.3) is 0 Å². The van der Waals surface area contributed by atoms with Crippen LogP contribution in [0.2, 0.25) is 5.02 Å². The Balaban J connectivity index is 1.64. The first-order valence-corrected chi connectivity index (χ1v) is 12.1. The van der Waals surface area contributed by atoms with Crippen molar-refractivity contribution in [2.24, 2.45) is 0 Å². The summed E-state index contributed by atoms with van der Waals surface area (Å²) in [5.41, 5.74) is 1.49. The molecule has 0 fully saturated rings. The quantitative estimate of drug-likeness (QED) is 0.287. The van der Waals surface area contributed by atoms with E-state index >= 15 is 0 Å². The summed E-state index contributed by atoms with van der Waals surface area (Å²) in [6.07, 6.45) is 1.54. The van der Waals surface area contributed by atoms with Crippen LogP contribution in [-0.2, 0) is 22.7 Å². The first-order valence-electron chi connectivity index (χ1n) is 11.7. The fraction of sp³-hybridized carbons (Fsp3) is 0.172. The van der Waals surface area contributed by atoms with Crippen molar-refractivity contribution in [2.75, 3.05) is 13.7 Å². The van der Waals surface area contributed by atoms with Gasteiger partial charge in [-0.3, -0.25) is 9.59 Å². The average Bonchev–Trinajstić information content (AvgIpc) is 3.46. The molecule has 0 saturated carbocycles. The molecule has 0 aliphatic rings. The van der Waals surface area contributed by atoms with Crippen molar-refractivity contribution in [3.63, 3.8) is 0 Å². The predicted molar refractivity (Wildman–Crippen MR) is 140 cm³/mol. The lowest BCUT2D eigenvalue weighted by Gasteiger charge is -2.31. The predicted octanol–water partition coefficient (Wildman–Crippen LogP) is 5.41. The van der Waals surface area contributed by atoms with E-state index in [-0.39, 0.29) is 31.5 Å². The molecule has 8 heteroatoms. The van der Waals surface area contributed by atoms with Crippen molar-refractivity contribution in [3.05, 3.63) is 119 Å². The smallest absolute Gasteiger partial charge is 0.261 e. The van der Waals surface area contributed by atoms with Gasteiger partial charge in [0.2, 0.25) is 5.91 Å². The largest absolute Gasteiger partial charge is 0.497 e. The first kappa shape index (κ1) is 25.9. The van der Waals surface area contributed by atoms with E-state index in [1.165, 1.54) is 4.90 Å². The highest BCUT2D eigenvalue weighted by atomic mass is 35.5. The van der Waals surface area contributed by atoms with Crippen LogP contribution in [0.3, 0.4) is 0 Å². The van der Waals surface area contributed by atoms with Crippen LogP contribution in [0, 0.1) is 0 Å². The molecule has 1 N–H and O–H groups in total. The summed E-state index contributed by atoms with van der Waals surface area (Å²) in [4.78, 5) is 28.7. The number of carbonyl (C=O) groups is 2. The maximum atomic E-state index is 13.6. The third-order valence-electron chi connectivity index (χ3n) is 5.71. The number of para-hydroxylation sites is 1. The third-order valence-corrected chi connectivity index (χ3v) is 6.02. The molecule has 4 aromatic rings. The van der Waals surface area contributed by atoms with Crippen molar-refractivity contribution in [1.29, 1.82) is 0 Å². The number of furan rings is 1. The van der Waals surface area contributed by atoms with E-state index in [9.17, 15) is 9.59 Å². The Kier molecular flexibility index (Phi) is 8.84. The molecule has 0 radical (unpaired) electrons. The molecule has 0 saturated heterocycles. The van der Waals surface area contributed by atoms with Gasteiger partial charge in [0.25, 0.3) is 5.91 Å². The fourth-order valence-corrected chi connectivity index (χ4v) is 4.02. The van der Waals surface area contributed by atoms with Crippen LogP contribution < -0.4 is 14.8 Å². The monoisotopic (exact) mass is 518 g/mol. The zero-order valence-electron chi connectivity index (χ0n) is 20.3. The first-order chi connectivity index (χ1) is 18.0. The molecule has 1 atom stereocenters. The van der Waals surface area contributed by atoms with E-state index in [4.69, 9.17) is 25.5 Å². The van der Waals surface area contributed by atoms with E-state index in [0.29, 0.717) is 27.8 Å². The highest BCUT2D eigenvalue weighted by Gasteiger charge is 2.32. The van der Waals surface area contributed by atoms with Crippen molar-refractivity contribution in [1.82, 2.24) is 10.2 Å². The summed E-state index contributed by atoms with van der Waals surface area (Å²) in [5.74, 6) is 0.968. The Labute approximate surface area is 220 Å². The van der Waals surface area contributed by atoms with Gasteiger partial charge in [0.05, 0.1) is 24.9 Å². The number of methoxy groups -OCH3 is 1. The Morgan fingerprint density at radius 3 is 2.35 bits per heavy atom. The molecule has 190 valence electrons. The van der Waals surface area contributed by atoms with Crippen molar-refractivity contribution in [2.45, 2.75) is 19.1 Å². The summed E-state index contributed by atoms with van der Waals surface area (Å²) in [6.45, 7) is 0.0625. The normalized spacial score (nSPS) is 11.4. The number of hydrogen-bond acceptors (Lipinski definition) is 5. The van der Waals surface area contributed by atoms with Crippen LogP contribution in [-0.4, -0.2) is 30.4 Å². The molecule has 1 aromatic heterocycles. The molecule has 0 aliphatic carbocycles. The van der Waals surface area contributed by atoms with Gasteiger partial charge in [-0.15, -0.1) is 0 Å². The highest BCUT2D eigenvalue weighted by molar-refractivity contribution is 6.32.